The summed E-state index contributed by atoms with van der Waals surface area (Å²) in [7, 11) is 1.67. The molecule has 2 nitrogen and oxygen atoms in total. The Balaban J connectivity index is 2.40. The van der Waals surface area contributed by atoms with E-state index in [4.69, 9.17) is 9.47 Å². The number of alkyl halides is 1. The third kappa shape index (κ3) is 3.95. The van der Waals surface area contributed by atoms with Gasteiger partial charge in [-0.05, 0) is 17.7 Å². The molecular formula is C10H13IO2. The Labute approximate surface area is 92.4 Å². The van der Waals surface area contributed by atoms with Crippen LogP contribution >= 0.6 is 22.6 Å². The van der Waals surface area contributed by atoms with Crippen molar-refractivity contribution in [1.82, 2.24) is 0 Å². The highest BCUT2D eigenvalue weighted by Crippen LogP contribution is 2.13. The molecule has 0 unspecified atom stereocenters. The zero-order valence-electron chi connectivity index (χ0n) is 7.63. The van der Waals surface area contributed by atoms with Crippen molar-refractivity contribution in [2.75, 3.05) is 20.3 Å². The Morgan fingerprint density at radius 3 is 2.38 bits per heavy atom. The average molecular weight is 292 g/mol. The number of halogens is 1. The third-order valence-electron chi connectivity index (χ3n) is 1.63. The molecule has 13 heavy (non-hydrogen) atoms. The fourth-order valence-corrected chi connectivity index (χ4v) is 1.43. The summed E-state index contributed by atoms with van der Waals surface area (Å²) in [5, 5.41) is 0. The van der Waals surface area contributed by atoms with Crippen molar-refractivity contribution < 1.29 is 9.47 Å². The molecule has 0 amide bonds. The molecule has 0 bridgehead atoms. The van der Waals surface area contributed by atoms with Crippen molar-refractivity contribution in [3.8, 4) is 5.75 Å². The van der Waals surface area contributed by atoms with Crippen LogP contribution in [0.3, 0.4) is 0 Å². The van der Waals surface area contributed by atoms with Crippen molar-refractivity contribution in [1.29, 1.82) is 0 Å². The minimum absolute atomic E-state index is 0.611. The van der Waals surface area contributed by atoms with Gasteiger partial charge in [-0.15, -0.1) is 0 Å². The largest absolute Gasteiger partial charge is 0.491 e. The van der Waals surface area contributed by atoms with E-state index < -0.39 is 0 Å². The van der Waals surface area contributed by atoms with Gasteiger partial charge in [0.2, 0.25) is 0 Å². The molecule has 72 valence electrons. The fourth-order valence-electron chi connectivity index (χ4n) is 0.918. The minimum atomic E-state index is 0.611. The second kappa shape index (κ2) is 6.21. The molecule has 0 saturated carbocycles. The monoisotopic (exact) mass is 292 g/mol. The molecule has 1 rings (SSSR count). The first kappa shape index (κ1) is 10.8. The molecule has 0 aliphatic heterocycles. The van der Waals surface area contributed by atoms with Crippen LogP contribution in [0.5, 0.6) is 5.75 Å². The summed E-state index contributed by atoms with van der Waals surface area (Å²) in [4.78, 5) is 0. The number of methoxy groups -OCH3 is 1. The highest BCUT2D eigenvalue weighted by atomic mass is 127. The molecule has 1 aromatic carbocycles. The maximum absolute atomic E-state index is 5.42. The van der Waals surface area contributed by atoms with Crippen LogP contribution < -0.4 is 4.74 Å². The van der Waals surface area contributed by atoms with Gasteiger partial charge in [0.25, 0.3) is 0 Å². The summed E-state index contributed by atoms with van der Waals surface area (Å²) in [5.41, 5.74) is 1.32. The van der Waals surface area contributed by atoms with Crippen LogP contribution in [0.25, 0.3) is 0 Å². The molecule has 0 N–H and O–H groups in total. The molecule has 1 aromatic rings. The van der Waals surface area contributed by atoms with E-state index in [0.29, 0.717) is 13.2 Å². The van der Waals surface area contributed by atoms with Gasteiger partial charge in [0.05, 0.1) is 6.61 Å². The molecule has 0 fully saturated rings. The van der Waals surface area contributed by atoms with E-state index in [2.05, 4.69) is 34.7 Å². The second-order valence-electron chi connectivity index (χ2n) is 2.62. The van der Waals surface area contributed by atoms with E-state index >= 15 is 0 Å². The second-order valence-corrected chi connectivity index (χ2v) is 3.38. The summed E-state index contributed by atoms with van der Waals surface area (Å²) in [5.74, 6) is 0.908. The van der Waals surface area contributed by atoms with Gasteiger partial charge in [0, 0.05) is 11.5 Å². The van der Waals surface area contributed by atoms with E-state index in [1.54, 1.807) is 7.11 Å². The summed E-state index contributed by atoms with van der Waals surface area (Å²) in [6, 6.07) is 8.14. The molecule has 3 heteroatoms. The topological polar surface area (TPSA) is 18.5 Å². The lowest BCUT2D eigenvalue weighted by Gasteiger charge is -2.05. The van der Waals surface area contributed by atoms with E-state index in [1.165, 1.54) is 5.56 Å². The zero-order valence-corrected chi connectivity index (χ0v) is 9.78. The Bertz CT molecular complexity index is 233. The molecule has 0 atom stereocenters. The van der Waals surface area contributed by atoms with Crippen LogP contribution in [-0.2, 0) is 9.16 Å². The van der Waals surface area contributed by atoms with Gasteiger partial charge in [-0.2, -0.15) is 0 Å². The van der Waals surface area contributed by atoms with Crippen molar-refractivity contribution >= 4 is 22.6 Å². The summed E-state index contributed by atoms with van der Waals surface area (Å²) in [6.07, 6.45) is 0. The smallest absolute Gasteiger partial charge is 0.119 e. The molecule has 0 radical (unpaired) electrons. The predicted molar refractivity (Wildman–Crippen MR) is 61.5 cm³/mol. The van der Waals surface area contributed by atoms with Gasteiger partial charge in [-0.25, -0.2) is 0 Å². The lowest BCUT2D eigenvalue weighted by atomic mass is 10.2. The Morgan fingerprint density at radius 1 is 1.15 bits per heavy atom. The first-order valence-corrected chi connectivity index (χ1v) is 5.66. The Kier molecular flexibility index (Phi) is 5.15. The summed E-state index contributed by atoms with van der Waals surface area (Å²) < 4.78 is 11.3. The molecule has 0 spiro atoms. The molecule has 0 heterocycles. The summed E-state index contributed by atoms with van der Waals surface area (Å²) in [6.45, 7) is 1.24. The first-order chi connectivity index (χ1) is 6.36. The summed E-state index contributed by atoms with van der Waals surface area (Å²) >= 11 is 2.34. The quantitative estimate of drug-likeness (QED) is 0.472. The molecular weight excluding hydrogens is 279 g/mol. The standard InChI is InChI=1S/C10H13IO2/c1-12-6-7-13-10-4-2-9(8-11)3-5-10/h2-5H,6-8H2,1H3. The van der Waals surface area contributed by atoms with E-state index in [1.807, 2.05) is 12.1 Å². The Morgan fingerprint density at radius 2 is 1.85 bits per heavy atom. The van der Waals surface area contributed by atoms with Gasteiger partial charge in [-0.1, -0.05) is 34.7 Å². The van der Waals surface area contributed by atoms with Crippen molar-refractivity contribution in [2.24, 2.45) is 0 Å². The Hall–Kier alpha value is -0.290. The molecule has 0 aromatic heterocycles. The lowest BCUT2D eigenvalue weighted by Crippen LogP contribution is -2.03. The number of ether oxygens (including phenoxy) is 2. The van der Waals surface area contributed by atoms with E-state index in [0.717, 1.165) is 10.2 Å². The molecule has 0 aliphatic carbocycles. The number of hydrogen-bond acceptors (Lipinski definition) is 2. The number of benzene rings is 1. The van der Waals surface area contributed by atoms with Crippen LogP contribution in [0.4, 0.5) is 0 Å². The maximum atomic E-state index is 5.42. The van der Waals surface area contributed by atoms with E-state index in [9.17, 15) is 0 Å². The SMILES string of the molecule is COCCOc1ccc(CI)cc1. The van der Waals surface area contributed by atoms with Crippen LogP contribution in [0.2, 0.25) is 0 Å². The van der Waals surface area contributed by atoms with Crippen LogP contribution in [0, 0.1) is 0 Å². The fraction of sp³-hybridized carbons (Fsp3) is 0.400. The van der Waals surface area contributed by atoms with Gasteiger partial charge in [-0.3, -0.25) is 0 Å². The maximum Gasteiger partial charge on any atom is 0.119 e. The molecule has 0 aliphatic rings. The normalized spacial score (nSPS) is 10.0. The number of hydrogen-bond donors (Lipinski definition) is 0. The predicted octanol–water partition coefficient (Wildman–Crippen LogP) is 2.65. The van der Waals surface area contributed by atoms with Crippen LogP contribution in [0.15, 0.2) is 24.3 Å². The van der Waals surface area contributed by atoms with Crippen molar-refractivity contribution in [3.05, 3.63) is 29.8 Å². The highest BCUT2D eigenvalue weighted by molar-refractivity contribution is 14.1. The van der Waals surface area contributed by atoms with Crippen LogP contribution in [0.1, 0.15) is 5.56 Å². The van der Waals surface area contributed by atoms with Gasteiger partial charge in [0.15, 0.2) is 0 Å². The van der Waals surface area contributed by atoms with Crippen molar-refractivity contribution in [2.45, 2.75) is 4.43 Å². The first-order valence-electron chi connectivity index (χ1n) is 4.13. The minimum Gasteiger partial charge on any atom is -0.491 e. The van der Waals surface area contributed by atoms with Gasteiger partial charge >= 0.3 is 0 Å². The third-order valence-corrected chi connectivity index (χ3v) is 2.51. The zero-order chi connectivity index (χ0) is 9.52. The average Bonchev–Trinajstić information content (AvgIpc) is 2.19. The van der Waals surface area contributed by atoms with E-state index in [-0.39, 0.29) is 0 Å². The van der Waals surface area contributed by atoms with Crippen molar-refractivity contribution in [3.63, 3.8) is 0 Å². The lowest BCUT2D eigenvalue weighted by molar-refractivity contribution is 0.146. The van der Waals surface area contributed by atoms with Gasteiger partial charge in [0.1, 0.15) is 12.4 Å². The highest BCUT2D eigenvalue weighted by Gasteiger charge is 1.93. The molecule has 0 saturated heterocycles. The van der Waals surface area contributed by atoms with Crippen LogP contribution in [-0.4, -0.2) is 20.3 Å². The number of rotatable bonds is 5. The van der Waals surface area contributed by atoms with Gasteiger partial charge < -0.3 is 9.47 Å².